The lowest BCUT2D eigenvalue weighted by molar-refractivity contribution is -0.114. The number of aryl methyl sites for hydroxylation is 1. The smallest absolute Gasteiger partial charge is 0.221 e. The number of hydrogen-bond acceptors (Lipinski definition) is 3. The number of anilines is 1. The van der Waals surface area contributed by atoms with Gasteiger partial charge in [-0.05, 0) is 43.7 Å². The van der Waals surface area contributed by atoms with E-state index in [-0.39, 0.29) is 11.9 Å². The van der Waals surface area contributed by atoms with Crippen LogP contribution in [0.3, 0.4) is 0 Å². The maximum atomic E-state index is 10.9. The molecule has 2 rings (SSSR count). The summed E-state index contributed by atoms with van der Waals surface area (Å²) in [4.78, 5) is 10.9. The van der Waals surface area contributed by atoms with Crippen LogP contribution in [0.5, 0.6) is 0 Å². The minimum Gasteiger partial charge on any atom is -0.465 e. The molecule has 20 heavy (non-hydrogen) atoms. The average molecular weight is 272 g/mol. The van der Waals surface area contributed by atoms with E-state index >= 15 is 0 Å². The molecule has 1 aromatic heterocycles. The van der Waals surface area contributed by atoms with Crippen LogP contribution < -0.4 is 10.6 Å². The Balaban J connectivity index is 1.89. The molecule has 0 aliphatic heterocycles. The van der Waals surface area contributed by atoms with E-state index < -0.39 is 0 Å². The fourth-order valence-electron chi connectivity index (χ4n) is 1.97. The summed E-state index contributed by atoms with van der Waals surface area (Å²) in [5.41, 5.74) is 1.98. The van der Waals surface area contributed by atoms with Crippen LogP contribution in [0.1, 0.15) is 37.0 Å². The molecule has 0 unspecified atom stereocenters. The molecule has 1 heterocycles. The van der Waals surface area contributed by atoms with Crippen LogP contribution in [0.15, 0.2) is 40.8 Å². The predicted molar refractivity (Wildman–Crippen MR) is 79.4 cm³/mol. The zero-order chi connectivity index (χ0) is 14.5. The van der Waals surface area contributed by atoms with Gasteiger partial charge in [0.15, 0.2) is 0 Å². The molecule has 1 aromatic carbocycles. The SMILES string of the molecule is CC(=O)Nc1ccc(CN[C@H](C)c2ccc(C)o2)cc1. The van der Waals surface area contributed by atoms with Gasteiger partial charge in [-0.2, -0.15) is 0 Å². The maximum Gasteiger partial charge on any atom is 0.221 e. The van der Waals surface area contributed by atoms with E-state index in [9.17, 15) is 4.79 Å². The summed E-state index contributed by atoms with van der Waals surface area (Å²) in [7, 11) is 0. The summed E-state index contributed by atoms with van der Waals surface area (Å²) in [5, 5.41) is 6.16. The van der Waals surface area contributed by atoms with Crippen molar-refractivity contribution in [2.45, 2.75) is 33.4 Å². The maximum absolute atomic E-state index is 10.9. The van der Waals surface area contributed by atoms with Crippen molar-refractivity contribution in [3.8, 4) is 0 Å². The molecule has 0 bridgehead atoms. The van der Waals surface area contributed by atoms with Gasteiger partial charge >= 0.3 is 0 Å². The highest BCUT2D eigenvalue weighted by Gasteiger charge is 2.08. The molecule has 2 N–H and O–H groups in total. The molecular weight excluding hydrogens is 252 g/mol. The van der Waals surface area contributed by atoms with Crippen molar-refractivity contribution >= 4 is 11.6 Å². The summed E-state index contributed by atoms with van der Waals surface area (Å²) in [6.07, 6.45) is 0. The lowest BCUT2D eigenvalue weighted by Crippen LogP contribution is -2.17. The van der Waals surface area contributed by atoms with E-state index in [1.165, 1.54) is 6.92 Å². The monoisotopic (exact) mass is 272 g/mol. The van der Waals surface area contributed by atoms with E-state index in [4.69, 9.17) is 4.42 Å². The number of benzene rings is 1. The van der Waals surface area contributed by atoms with Crippen molar-refractivity contribution < 1.29 is 9.21 Å². The van der Waals surface area contributed by atoms with Crippen LogP contribution in [0.4, 0.5) is 5.69 Å². The van der Waals surface area contributed by atoms with Crippen LogP contribution in [0.25, 0.3) is 0 Å². The number of carbonyl (C=O) groups is 1. The zero-order valence-corrected chi connectivity index (χ0v) is 12.1. The Morgan fingerprint density at radius 3 is 2.45 bits per heavy atom. The minimum atomic E-state index is -0.0577. The Kier molecular flexibility index (Phi) is 4.58. The van der Waals surface area contributed by atoms with Crippen LogP contribution in [0.2, 0.25) is 0 Å². The van der Waals surface area contributed by atoms with E-state index in [2.05, 4.69) is 17.6 Å². The third-order valence-corrected chi connectivity index (χ3v) is 3.07. The third-order valence-electron chi connectivity index (χ3n) is 3.07. The van der Waals surface area contributed by atoms with Gasteiger partial charge < -0.3 is 15.1 Å². The Labute approximate surface area is 119 Å². The average Bonchev–Trinajstić information content (AvgIpc) is 2.84. The first-order valence-electron chi connectivity index (χ1n) is 6.71. The molecule has 1 atom stereocenters. The van der Waals surface area contributed by atoms with Gasteiger partial charge in [0.05, 0.1) is 6.04 Å². The van der Waals surface area contributed by atoms with Crippen molar-refractivity contribution in [2.75, 3.05) is 5.32 Å². The van der Waals surface area contributed by atoms with Crippen molar-refractivity contribution in [2.24, 2.45) is 0 Å². The van der Waals surface area contributed by atoms with Crippen molar-refractivity contribution in [1.29, 1.82) is 0 Å². The molecule has 2 aromatic rings. The summed E-state index contributed by atoms with van der Waals surface area (Å²) in [5.74, 6) is 1.81. The van der Waals surface area contributed by atoms with Crippen molar-refractivity contribution in [1.82, 2.24) is 5.32 Å². The minimum absolute atomic E-state index is 0.0577. The molecule has 0 saturated carbocycles. The molecule has 1 amide bonds. The standard InChI is InChI=1S/C16H20N2O2/c1-11-4-9-16(20-11)12(2)17-10-14-5-7-15(8-6-14)18-13(3)19/h4-9,12,17H,10H2,1-3H3,(H,18,19)/t12-/m1/s1. The molecule has 0 saturated heterocycles. The van der Waals surface area contributed by atoms with Gasteiger partial charge in [-0.15, -0.1) is 0 Å². The highest BCUT2D eigenvalue weighted by atomic mass is 16.3. The first-order valence-corrected chi connectivity index (χ1v) is 6.71. The van der Waals surface area contributed by atoms with Gasteiger partial charge in [0.2, 0.25) is 5.91 Å². The van der Waals surface area contributed by atoms with E-state index in [0.29, 0.717) is 0 Å². The van der Waals surface area contributed by atoms with Crippen molar-refractivity contribution in [3.63, 3.8) is 0 Å². The van der Waals surface area contributed by atoms with E-state index in [1.807, 2.05) is 43.3 Å². The Morgan fingerprint density at radius 2 is 1.90 bits per heavy atom. The first kappa shape index (κ1) is 14.3. The number of nitrogens with one attached hydrogen (secondary N) is 2. The summed E-state index contributed by atoms with van der Waals surface area (Å²) in [6.45, 7) is 6.27. The van der Waals surface area contributed by atoms with Gasteiger partial charge in [0.1, 0.15) is 11.5 Å². The summed E-state index contributed by atoms with van der Waals surface area (Å²) < 4.78 is 5.59. The molecule has 0 radical (unpaired) electrons. The number of hydrogen-bond donors (Lipinski definition) is 2. The second-order valence-electron chi connectivity index (χ2n) is 4.93. The van der Waals surface area contributed by atoms with Crippen LogP contribution in [-0.4, -0.2) is 5.91 Å². The molecule has 0 aliphatic rings. The van der Waals surface area contributed by atoms with Gasteiger partial charge in [0.25, 0.3) is 0 Å². The van der Waals surface area contributed by atoms with E-state index in [0.717, 1.165) is 29.3 Å². The fraction of sp³-hybridized carbons (Fsp3) is 0.312. The zero-order valence-electron chi connectivity index (χ0n) is 12.1. The molecule has 4 nitrogen and oxygen atoms in total. The largest absolute Gasteiger partial charge is 0.465 e. The Morgan fingerprint density at radius 1 is 1.20 bits per heavy atom. The molecule has 106 valence electrons. The number of furan rings is 1. The van der Waals surface area contributed by atoms with Gasteiger partial charge in [-0.25, -0.2) is 0 Å². The molecule has 0 fully saturated rings. The number of rotatable bonds is 5. The summed E-state index contributed by atoms with van der Waals surface area (Å²) in [6, 6.07) is 11.9. The van der Waals surface area contributed by atoms with Crippen LogP contribution in [-0.2, 0) is 11.3 Å². The first-order chi connectivity index (χ1) is 9.54. The van der Waals surface area contributed by atoms with Gasteiger partial charge in [0, 0.05) is 19.2 Å². The van der Waals surface area contributed by atoms with Gasteiger partial charge in [-0.3, -0.25) is 4.79 Å². The lowest BCUT2D eigenvalue weighted by Gasteiger charge is -2.12. The van der Waals surface area contributed by atoms with Crippen LogP contribution >= 0.6 is 0 Å². The topological polar surface area (TPSA) is 54.3 Å². The third kappa shape index (κ3) is 3.96. The fourth-order valence-corrected chi connectivity index (χ4v) is 1.97. The highest BCUT2D eigenvalue weighted by Crippen LogP contribution is 2.16. The second-order valence-corrected chi connectivity index (χ2v) is 4.93. The predicted octanol–water partition coefficient (Wildman–Crippen LogP) is 3.40. The number of carbonyl (C=O) groups excluding carboxylic acids is 1. The number of amides is 1. The second kappa shape index (κ2) is 6.39. The molecular formula is C16H20N2O2. The highest BCUT2D eigenvalue weighted by molar-refractivity contribution is 5.88. The Hall–Kier alpha value is -2.07. The molecule has 0 aliphatic carbocycles. The lowest BCUT2D eigenvalue weighted by atomic mass is 10.2. The van der Waals surface area contributed by atoms with Gasteiger partial charge in [-0.1, -0.05) is 12.1 Å². The normalized spacial score (nSPS) is 12.2. The van der Waals surface area contributed by atoms with Crippen molar-refractivity contribution in [3.05, 3.63) is 53.5 Å². The summed E-state index contributed by atoms with van der Waals surface area (Å²) >= 11 is 0. The molecule has 0 spiro atoms. The quantitative estimate of drug-likeness (QED) is 0.877. The Bertz CT molecular complexity index is 572. The van der Waals surface area contributed by atoms with Crippen LogP contribution in [0, 0.1) is 6.92 Å². The van der Waals surface area contributed by atoms with E-state index in [1.54, 1.807) is 0 Å². The molecule has 4 heteroatoms.